The van der Waals surface area contributed by atoms with E-state index < -0.39 is 0 Å². The van der Waals surface area contributed by atoms with Crippen molar-refractivity contribution in [3.63, 3.8) is 0 Å². The first kappa shape index (κ1) is 23.7. The molecule has 3 aromatic rings. The molecule has 1 heterocycles. The Morgan fingerprint density at radius 2 is 1.41 bits per heavy atom. The minimum atomic E-state index is -0.204. The van der Waals surface area contributed by atoms with Crippen molar-refractivity contribution in [3.05, 3.63) is 70.5 Å². The fourth-order valence-electron chi connectivity index (χ4n) is 3.87. The number of phenolic OH excluding ortho intramolecular Hbond substituents is 1. The molecule has 0 aliphatic rings. The van der Waals surface area contributed by atoms with Gasteiger partial charge in [-0.15, -0.1) is 0 Å². The molecule has 1 atom stereocenters. The summed E-state index contributed by atoms with van der Waals surface area (Å²) in [5, 5.41) is 18.9. The third-order valence-corrected chi connectivity index (χ3v) is 5.74. The lowest BCUT2D eigenvalue weighted by atomic mass is 9.77. The fraction of sp³-hybridized carbons (Fsp3) is 0.444. The van der Waals surface area contributed by atoms with Gasteiger partial charge in [-0.25, -0.2) is 0 Å². The Balaban J connectivity index is 2.21. The molecular formula is C27H37N3O2. The first-order valence-electron chi connectivity index (χ1n) is 11.1. The molecule has 0 saturated heterocycles. The van der Waals surface area contributed by atoms with Gasteiger partial charge in [0.2, 0.25) is 0 Å². The summed E-state index contributed by atoms with van der Waals surface area (Å²) in [5.74, 6) is 1.82. The van der Waals surface area contributed by atoms with Crippen LogP contribution in [0.5, 0.6) is 5.75 Å². The van der Waals surface area contributed by atoms with Gasteiger partial charge < -0.3 is 19.8 Å². The highest BCUT2D eigenvalue weighted by atomic mass is 16.5. The summed E-state index contributed by atoms with van der Waals surface area (Å²) < 4.78 is 5.30. The topological polar surface area (TPSA) is 61.5 Å². The molecule has 32 heavy (non-hydrogen) atoms. The van der Waals surface area contributed by atoms with Crippen LogP contribution in [-0.4, -0.2) is 24.4 Å². The molecule has 5 nitrogen and oxygen atoms in total. The van der Waals surface area contributed by atoms with E-state index in [4.69, 9.17) is 4.52 Å². The number of anilines is 2. The summed E-state index contributed by atoms with van der Waals surface area (Å²) >= 11 is 0. The average Bonchev–Trinajstić information content (AvgIpc) is 3.09. The molecule has 0 unspecified atom stereocenters. The van der Waals surface area contributed by atoms with Crippen LogP contribution in [0.25, 0.3) is 0 Å². The molecule has 2 N–H and O–H groups in total. The molecular weight excluding hydrogens is 398 g/mol. The first-order chi connectivity index (χ1) is 14.8. The zero-order chi connectivity index (χ0) is 23.8. The molecule has 0 aliphatic carbocycles. The summed E-state index contributed by atoms with van der Waals surface area (Å²) in [6, 6.07) is 14.5. The molecule has 0 bridgehead atoms. The van der Waals surface area contributed by atoms with Gasteiger partial charge in [-0.1, -0.05) is 58.8 Å². The van der Waals surface area contributed by atoms with Crippen LogP contribution in [0.3, 0.4) is 0 Å². The van der Waals surface area contributed by atoms with E-state index in [1.165, 1.54) is 0 Å². The van der Waals surface area contributed by atoms with Gasteiger partial charge in [0, 0.05) is 25.8 Å². The highest BCUT2D eigenvalue weighted by Crippen LogP contribution is 2.42. The van der Waals surface area contributed by atoms with Crippen molar-refractivity contribution >= 4 is 11.5 Å². The Labute approximate surface area is 192 Å². The number of hydrogen-bond donors (Lipinski definition) is 2. The van der Waals surface area contributed by atoms with Gasteiger partial charge in [-0.3, -0.25) is 0 Å². The normalized spacial score (nSPS) is 13.2. The zero-order valence-corrected chi connectivity index (χ0v) is 20.9. The maximum Gasteiger partial charge on any atom is 0.170 e. The molecule has 0 saturated carbocycles. The first-order valence-corrected chi connectivity index (χ1v) is 11.1. The lowest BCUT2D eigenvalue weighted by Crippen LogP contribution is -2.20. The molecule has 0 aliphatic heterocycles. The summed E-state index contributed by atoms with van der Waals surface area (Å²) in [7, 11) is 4.07. The number of nitrogens with zero attached hydrogens (tertiary/aromatic N) is 2. The SMILES string of the molecule is Cc1cc(N[C@H](c2ccc(N(C)C)cc2)c2cc(C(C)(C)C)c(O)c(C(C)(C)C)c2)no1. The lowest BCUT2D eigenvalue weighted by molar-refractivity contribution is 0.399. The summed E-state index contributed by atoms with van der Waals surface area (Å²) in [4.78, 5) is 2.09. The molecule has 3 rings (SSSR count). The number of nitrogens with one attached hydrogen (secondary N) is 1. The Morgan fingerprint density at radius 1 is 0.875 bits per heavy atom. The van der Waals surface area contributed by atoms with E-state index >= 15 is 0 Å². The van der Waals surface area contributed by atoms with E-state index in [-0.39, 0.29) is 16.9 Å². The Morgan fingerprint density at radius 3 is 1.81 bits per heavy atom. The largest absolute Gasteiger partial charge is 0.507 e. The number of aryl methyl sites for hydroxylation is 1. The monoisotopic (exact) mass is 435 g/mol. The van der Waals surface area contributed by atoms with Crippen LogP contribution in [0.4, 0.5) is 11.5 Å². The Hall–Kier alpha value is -2.95. The molecule has 0 fully saturated rings. The van der Waals surface area contributed by atoms with Crippen LogP contribution in [0.1, 0.15) is 75.6 Å². The summed E-state index contributed by atoms with van der Waals surface area (Å²) in [5.41, 5.74) is 4.80. The number of benzene rings is 2. The van der Waals surface area contributed by atoms with Crippen LogP contribution >= 0.6 is 0 Å². The van der Waals surface area contributed by atoms with E-state index in [2.05, 4.69) is 93.3 Å². The highest BCUT2D eigenvalue weighted by molar-refractivity contribution is 5.55. The van der Waals surface area contributed by atoms with E-state index in [0.29, 0.717) is 11.6 Å². The van der Waals surface area contributed by atoms with Crippen molar-refractivity contribution in [1.29, 1.82) is 0 Å². The molecule has 5 heteroatoms. The smallest absolute Gasteiger partial charge is 0.170 e. The third-order valence-electron chi connectivity index (χ3n) is 5.74. The third kappa shape index (κ3) is 5.09. The number of aromatic hydroxyl groups is 1. The van der Waals surface area contributed by atoms with Crippen LogP contribution in [0.15, 0.2) is 47.0 Å². The molecule has 0 amide bonds. The molecule has 172 valence electrons. The van der Waals surface area contributed by atoms with Gasteiger partial charge in [-0.2, -0.15) is 0 Å². The fourth-order valence-corrected chi connectivity index (χ4v) is 3.87. The Kier molecular flexibility index (Phi) is 6.32. The maximum absolute atomic E-state index is 11.2. The van der Waals surface area contributed by atoms with E-state index in [0.717, 1.165) is 33.7 Å². The van der Waals surface area contributed by atoms with Gasteiger partial charge >= 0.3 is 0 Å². The second-order valence-electron chi connectivity index (χ2n) is 10.9. The van der Waals surface area contributed by atoms with Crippen molar-refractivity contribution in [2.24, 2.45) is 0 Å². The van der Waals surface area contributed by atoms with Crippen molar-refractivity contribution in [3.8, 4) is 5.75 Å². The molecule has 2 aromatic carbocycles. The molecule has 1 aromatic heterocycles. The minimum absolute atomic E-state index is 0.154. The predicted molar refractivity (Wildman–Crippen MR) is 133 cm³/mol. The number of phenols is 1. The van der Waals surface area contributed by atoms with Gasteiger partial charge in [0.25, 0.3) is 0 Å². The van der Waals surface area contributed by atoms with E-state index in [9.17, 15) is 5.11 Å². The maximum atomic E-state index is 11.2. The van der Waals surface area contributed by atoms with Crippen LogP contribution in [0, 0.1) is 6.92 Å². The van der Waals surface area contributed by atoms with Crippen molar-refractivity contribution in [1.82, 2.24) is 5.16 Å². The standard InChI is InChI=1S/C27H37N3O2/c1-17-14-23(29-32-17)28-24(18-10-12-20(13-11-18)30(8)9)19-15-21(26(2,3)4)25(31)22(16-19)27(5,6)7/h10-16,24,31H,1-9H3,(H,28,29)/t24-/m1/s1. The number of hydrogen-bond acceptors (Lipinski definition) is 5. The molecule has 0 spiro atoms. The van der Waals surface area contributed by atoms with Crippen molar-refractivity contribution in [2.45, 2.75) is 65.3 Å². The number of aromatic nitrogens is 1. The quantitative estimate of drug-likeness (QED) is 0.476. The van der Waals surface area contributed by atoms with Crippen molar-refractivity contribution in [2.75, 3.05) is 24.3 Å². The van der Waals surface area contributed by atoms with E-state index in [1.807, 2.05) is 27.1 Å². The van der Waals surface area contributed by atoms with Crippen molar-refractivity contribution < 1.29 is 9.63 Å². The van der Waals surface area contributed by atoms with Crippen LogP contribution in [0.2, 0.25) is 0 Å². The summed E-state index contributed by atoms with van der Waals surface area (Å²) in [6.45, 7) is 14.7. The Bertz CT molecular complexity index is 1030. The van der Waals surface area contributed by atoms with Gasteiger partial charge in [0.05, 0.1) is 6.04 Å². The van der Waals surface area contributed by atoms with Crippen LogP contribution in [-0.2, 0) is 10.8 Å². The number of rotatable bonds is 5. The van der Waals surface area contributed by atoms with Gasteiger partial charge in [-0.05, 0) is 64.3 Å². The zero-order valence-electron chi connectivity index (χ0n) is 20.9. The lowest BCUT2D eigenvalue weighted by Gasteiger charge is -2.30. The van der Waals surface area contributed by atoms with Gasteiger partial charge in [0.1, 0.15) is 11.5 Å². The second-order valence-corrected chi connectivity index (χ2v) is 10.9. The predicted octanol–water partition coefficient (Wildman–Crippen LogP) is 6.55. The van der Waals surface area contributed by atoms with Gasteiger partial charge in [0.15, 0.2) is 5.82 Å². The van der Waals surface area contributed by atoms with E-state index in [1.54, 1.807) is 0 Å². The summed E-state index contributed by atoms with van der Waals surface area (Å²) in [6.07, 6.45) is 0. The average molecular weight is 436 g/mol. The second kappa shape index (κ2) is 8.53. The minimum Gasteiger partial charge on any atom is -0.507 e. The highest BCUT2D eigenvalue weighted by Gasteiger charge is 2.29. The molecule has 0 radical (unpaired) electrons. The van der Waals surface area contributed by atoms with Crippen LogP contribution < -0.4 is 10.2 Å².